The third kappa shape index (κ3) is 2.96. The molecule has 0 saturated heterocycles. The van der Waals surface area contributed by atoms with Crippen LogP contribution < -0.4 is 5.32 Å². The Morgan fingerprint density at radius 1 is 1.33 bits per heavy atom. The van der Waals surface area contributed by atoms with Crippen LogP contribution in [0.4, 0.5) is 11.4 Å². The summed E-state index contributed by atoms with van der Waals surface area (Å²) in [6, 6.07) is 6.09. The Bertz CT molecular complexity index is 597. The number of rotatable bonds is 3. The lowest BCUT2D eigenvalue weighted by molar-refractivity contribution is -0.384. The number of nitro groups is 1. The minimum atomic E-state index is -0.455. The van der Waals surface area contributed by atoms with Crippen LogP contribution >= 0.6 is 0 Å². The van der Waals surface area contributed by atoms with Crippen LogP contribution in [0.25, 0.3) is 0 Å². The monoisotopic (exact) mass is 286 g/mol. The fourth-order valence-corrected chi connectivity index (χ4v) is 3.22. The molecule has 0 unspecified atom stereocenters. The highest BCUT2D eigenvalue weighted by Crippen LogP contribution is 2.51. The maximum Gasteiger partial charge on any atom is 0.271 e. The molecule has 2 aliphatic rings. The number of anilines is 1. The first-order valence-electron chi connectivity index (χ1n) is 7.39. The molecular weight excluding hydrogens is 268 g/mol. The summed E-state index contributed by atoms with van der Waals surface area (Å²) >= 11 is 0. The first-order chi connectivity index (χ1) is 10.2. The quantitative estimate of drug-likeness (QED) is 0.525. The van der Waals surface area contributed by atoms with Gasteiger partial charge in [0, 0.05) is 23.7 Å². The molecule has 0 radical (unpaired) electrons. The van der Waals surface area contributed by atoms with E-state index in [9.17, 15) is 14.9 Å². The maximum absolute atomic E-state index is 12.3. The van der Waals surface area contributed by atoms with Gasteiger partial charge >= 0.3 is 0 Å². The number of carbonyl (C=O) groups excluding carboxylic acids is 1. The molecule has 5 heteroatoms. The molecule has 2 aliphatic carbocycles. The number of hydrogen-bond acceptors (Lipinski definition) is 3. The Morgan fingerprint density at radius 2 is 2.19 bits per heavy atom. The number of non-ortho nitro benzene ring substituents is 1. The molecule has 1 N–H and O–H groups in total. The van der Waals surface area contributed by atoms with Gasteiger partial charge in [0.2, 0.25) is 5.91 Å². The van der Waals surface area contributed by atoms with E-state index in [1.54, 1.807) is 12.1 Å². The number of nitro benzene ring substituents is 1. The number of benzene rings is 1. The molecule has 1 saturated carbocycles. The molecule has 3 atom stereocenters. The first kappa shape index (κ1) is 13.8. The summed E-state index contributed by atoms with van der Waals surface area (Å²) in [6.07, 6.45) is 8.91. The Hall–Kier alpha value is -2.17. The van der Waals surface area contributed by atoms with Gasteiger partial charge in [0.05, 0.1) is 4.92 Å². The summed E-state index contributed by atoms with van der Waals surface area (Å²) in [5.41, 5.74) is 0.493. The second-order valence-electron chi connectivity index (χ2n) is 5.78. The average molecular weight is 286 g/mol. The SMILES string of the molecule is O=C(Nc1cccc([N+](=O)[O-])c1)[C@H]1[C@H]2/C=C\CCCC[C@H]21. The Balaban J connectivity index is 1.67. The topological polar surface area (TPSA) is 72.2 Å². The summed E-state index contributed by atoms with van der Waals surface area (Å²) in [5.74, 6) is 0.805. The van der Waals surface area contributed by atoms with Crippen LogP contribution in [0, 0.1) is 27.9 Å². The van der Waals surface area contributed by atoms with E-state index in [1.807, 2.05) is 0 Å². The molecule has 1 fully saturated rings. The van der Waals surface area contributed by atoms with Crippen LogP contribution in [0.15, 0.2) is 36.4 Å². The Labute approximate surface area is 123 Å². The lowest BCUT2D eigenvalue weighted by atomic mass is 10.1. The number of nitrogens with zero attached hydrogens (tertiary/aromatic N) is 1. The van der Waals surface area contributed by atoms with E-state index in [2.05, 4.69) is 17.5 Å². The van der Waals surface area contributed by atoms with E-state index in [1.165, 1.54) is 25.0 Å². The second-order valence-corrected chi connectivity index (χ2v) is 5.78. The third-order valence-corrected chi connectivity index (χ3v) is 4.37. The molecule has 1 amide bonds. The average Bonchev–Trinajstić information content (AvgIpc) is 3.10. The molecule has 110 valence electrons. The van der Waals surface area contributed by atoms with Gasteiger partial charge in [-0.05, 0) is 37.2 Å². The fourth-order valence-electron chi connectivity index (χ4n) is 3.22. The van der Waals surface area contributed by atoms with Gasteiger partial charge in [0.15, 0.2) is 0 Å². The third-order valence-electron chi connectivity index (χ3n) is 4.37. The van der Waals surface area contributed by atoms with Crippen molar-refractivity contribution in [2.75, 3.05) is 5.32 Å². The predicted octanol–water partition coefficient (Wildman–Crippen LogP) is 3.53. The number of carbonyl (C=O) groups is 1. The zero-order chi connectivity index (χ0) is 14.8. The highest BCUT2D eigenvalue weighted by molar-refractivity contribution is 5.95. The van der Waals surface area contributed by atoms with Gasteiger partial charge in [-0.25, -0.2) is 0 Å². The van der Waals surface area contributed by atoms with E-state index in [0.717, 1.165) is 12.8 Å². The minimum absolute atomic E-state index is 0.00508. The Kier molecular flexibility index (Phi) is 3.73. The van der Waals surface area contributed by atoms with Crippen molar-refractivity contribution >= 4 is 17.3 Å². The Morgan fingerprint density at radius 3 is 3.00 bits per heavy atom. The number of hydrogen-bond donors (Lipinski definition) is 1. The summed E-state index contributed by atoms with van der Waals surface area (Å²) in [4.78, 5) is 22.6. The van der Waals surface area contributed by atoms with Gasteiger partial charge in [-0.2, -0.15) is 0 Å². The van der Waals surface area contributed by atoms with Crippen molar-refractivity contribution in [2.24, 2.45) is 17.8 Å². The van der Waals surface area contributed by atoms with Gasteiger partial charge in [0.1, 0.15) is 0 Å². The van der Waals surface area contributed by atoms with Crippen LogP contribution in [-0.2, 0) is 4.79 Å². The van der Waals surface area contributed by atoms with E-state index < -0.39 is 4.92 Å². The zero-order valence-corrected chi connectivity index (χ0v) is 11.7. The smallest absolute Gasteiger partial charge is 0.271 e. The fraction of sp³-hybridized carbons (Fsp3) is 0.438. The normalized spacial score (nSPS) is 28.7. The van der Waals surface area contributed by atoms with E-state index in [4.69, 9.17) is 0 Å². The molecule has 1 aromatic carbocycles. The molecule has 0 aromatic heterocycles. The van der Waals surface area contributed by atoms with Crippen LogP contribution in [0.2, 0.25) is 0 Å². The molecule has 0 heterocycles. The second kappa shape index (κ2) is 5.68. The van der Waals surface area contributed by atoms with Crippen molar-refractivity contribution in [2.45, 2.75) is 25.7 Å². The van der Waals surface area contributed by atoms with Crippen molar-refractivity contribution in [1.82, 2.24) is 0 Å². The predicted molar refractivity (Wildman–Crippen MR) is 79.8 cm³/mol. The van der Waals surface area contributed by atoms with Gasteiger partial charge in [-0.1, -0.05) is 24.6 Å². The molecule has 1 aromatic rings. The van der Waals surface area contributed by atoms with Crippen molar-refractivity contribution in [3.63, 3.8) is 0 Å². The number of nitrogens with one attached hydrogen (secondary N) is 1. The molecule has 3 rings (SSSR count). The molecule has 5 nitrogen and oxygen atoms in total. The lowest BCUT2D eigenvalue weighted by Crippen LogP contribution is -2.15. The van der Waals surface area contributed by atoms with Crippen molar-refractivity contribution in [3.05, 3.63) is 46.5 Å². The molecule has 0 aliphatic heterocycles. The standard InChI is InChI=1S/C16H18N2O3/c19-16(15-13-8-3-1-2-4-9-14(13)15)17-11-6-5-7-12(10-11)18(20)21/h3,5-8,10,13-15H,1-2,4,9H2,(H,17,19)/b8-3-/t13-,14+,15-/m0/s1. The van der Waals surface area contributed by atoms with E-state index in [-0.39, 0.29) is 17.5 Å². The summed E-state index contributed by atoms with van der Waals surface area (Å²) in [5, 5.41) is 13.6. The molecule has 0 bridgehead atoms. The van der Waals surface area contributed by atoms with Crippen LogP contribution in [-0.4, -0.2) is 10.8 Å². The summed E-state index contributed by atoms with van der Waals surface area (Å²) in [7, 11) is 0. The molecule has 21 heavy (non-hydrogen) atoms. The summed E-state index contributed by atoms with van der Waals surface area (Å²) < 4.78 is 0. The van der Waals surface area contributed by atoms with Gasteiger partial charge < -0.3 is 5.32 Å². The number of amides is 1. The summed E-state index contributed by atoms with van der Waals surface area (Å²) in [6.45, 7) is 0. The van der Waals surface area contributed by atoms with Gasteiger partial charge in [-0.3, -0.25) is 14.9 Å². The van der Waals surface area contributed by atoms with Crippen LogP contribution in [0.5, 0.6) is 0 Å². The minimum Gasteiger partial charge on any atom is -0.326 e. The largest absolute Gasteiger partial charge is 0.326 e. The van der Waals surface area contributed by atoms with Gasteiger partial charge in [-0.15, -0.1) is 0 Å². The molecular formula is C16H18N2O3. The van der Waals surface area contributed by atoms with Crippen molar-refractivity contribution in [1.29, 1.82) is 0 Å². The van der Waals surface area contributed by atoms with Gasteiger partial charge in [0.25, 0.3) is 5.69 Å². The van der Waals surface area contributed by atoms with Crippen LogP contribution in [0.1, 0.15) is 25.7 Å². The zero-order valence-electron chi connectivity index (χ0n) is 11.7. The van der Waals surface area contributed by atoms with Crippen LogP contribution in [0.3, 0.4) is 0 Å². The highest BCUT2D eigenvalue weighted by atomic mass is 16.6. The first-order valence-corrected chi connectivity index (χ1v) is 7.39. The number of allylic oxidation sites excluding steroid dienone is 2. The maximum atomic E-state index is 12.3. The highest BCUT2D eigenvalue weighted by Gasteiger charge is 2.52. The van der Waals surface area contributed by atoms with E-state index >= 15 is 0 Å². The lowest BCUT2D eigenvalue weighted by Gasteiger charge is -2.04. The molecule has 0 spiro atoms. The van der Waals surface area contributed by atoms with Crippen molar-refractivity contribution < 1.29 is 9.72 Å². The number of fused-ring (bicyclic) bond motifs is 1. The van der Waals surface area contributed by atoms with E-state index in [0.29, 0.717) is 17.5 Å². The van der Waals surface area contributed by atoms with Crippen molar-refractivity contribution in [3.8, 4) is 0 Å².